The summed E-state index contributed by atoms with van der Waals surface area (Å²) >= 11 is 0. The molecule has 0 bridgehead atoms. The van der Waals surface area contributed by atoms with Crippen LogP contribution in [0.5, 0.6) is 0 Å². The van der Waals surface area contributed by atoms with Crippen LogP contribution in [0.4, 0.5) is 0 Å². The van der Waals surface area contributed by atoms with Crippen molar-refractivity contribution in [3.05, 3.63) is 0 Å². The Morgan fingerprint density at radius 2 is 1.06 bits per heavy atom. The van der Waals surface area contributed by atoms with Crippen LogP contribution in [0.15, 0.2) is 0 Å². The van der Waals surface area contributed by atoms with Crippen molar-refractivity contribution in [2.45, 2.75) is 38.1 Å². The van der Waals surface area contributed by atoms with E-state index in [9.17, 15) is 9.59 Å². The molecular formula is C8H18N2O6Zn. The molecule has 0 fully saturated rings. The zero-order valence-corrected chi connectivity index (χ0v) is 12.7. The zero-order valence-electron chi connectivity index (χ0n) is 9.78. The molecule has 17 heavy (non-hydrogen) atoms. The first-order chi connectivity index (χ1) is 7.11. The van der Waals surface area contributed by atoms with Gasteiger partial charge in [0.1, 0.15) is 12.1 Å². The molecule has 0 aromatic heterocycles. The molecule has 0 aliphatic carbocycles. The van der Waals surface area contributed by atoms with Crippen molar-refractivity contribution in [1.29, 1.82) is 0 Å². The third-order valence-electron chi connectivity index (χ3n) is 1.61. The Hall–Kier alpha value is -0.597. The van der Waals surface area contributed by atoms with Crippen LogP contribution in [0.2, 0.25) is 0 Å². The van der Waals surface area contributed by atoms with E-state index in [1.54, 1.807) is 0 Å². The van der Waals surface area contributed by atoms with Gasteiger partial charge in [-0.3, -0.25) is 9.59 Å². The maximum atomic E-state index is 9.86. The second-order valence-electron chi connectivity index (χ2n) is 3.21. The SMILES string of the molecule is C[C@@H](O)[C@H](N)C(=O)O.C[C@@H](O)[C@H](N)C(=O)O.[Zn]. The largest absolute Gasteiger partial charge is 0.480 e. The Bertz CT molecular complexity index is 212. The fourth-order valence-corrected chi connectivity index (χ4v) is 0.413. The molecule has 8 N–H and O–H groups in total. The maximum absolute atomic E-state index is 9.86. The van der Waals surface area contributed by atoms with Gasteiger partial charge in [-0.1, -0.05) is 0 Å². The van der Waals surface area contributed by atoms with Gasteiger partial charge in [0, 0.05) is 19.5 Å². The minimum absolute atomic E-state index is 0. The predicted molar refractivity (Wildman–Crippen MR) is 54.6 cm³/mol. The molecule has 0 saturated heterocycles. The molecule has 0 rings (SSSR count). The number of carboxylic acid groups (broad SMARTS) is 2. The van der Waals surface area contributed by atoms with E-state index in [-0.39, 0.29) is 19.5 Å². The molecule has 0 heterocycles. The fourth-order valence-electron chi connectivity index (χ4n) is 0.413. The van der Waals surface area contributed by atoms with Crippen molar-refractivity contribution in [3.8, 4) is 0 Å². The van der Waals surface area contributed by atoms with E-state index in [1.807, 2.05) is 0 Å². The van der Waals surface area contributed by atoms with Gasteiger partial charge in [-0.2, -0.15) is 0 Å². The molecule has 0 saturated carbocycles. The normalized spacial score (nSPS) is 16.4. The molecule has 0 aromatic rings. The van der Waals surface area contributed by atoms with Gasteiger partial charge < -0.3 is 31.9 Å². The number of hydrogen-bond acceptors (Lipinski definition) is 6. The molecule has 0 radical (unpaired) electrons. The first-order valence-electron chi connectivity index (χ1n) is 4.44. The van der Waals surface area contributed by atoms with Gasteiger partial charge in [-0.05, 0) is 13.8 Å². The summed E-state index contributed by atoms with van der Waals surface area (Å²) in [5.41, 5.74) is 9.82. The summed E-state index contributed by atoms with van der Waals surface area (Å²) < 4.78 is 0. The second-order valence-corrected chi connectivity index (χ2v) is 3.21. The van der Waals surface area contributed by atoms with Gasteiger partial charge in [0.2, 0.25) is 0 Å². The Morgan fingerprint density at radius 3 is 1.06 bits per heavy atom. The monoisotopic (exact) mass is 302 g/mol. The van der Waals surface area contributed by atoms with Crippen LogP contribution in [0.1, 0.15) is 13.8 Å². The van der Waals surface area contributed by atoms with Gasteiger partial charge in [0.05, 0.1) is 12.2 Å². The summed E-state index contributed by atoms with van der Waals surface area (Å²) in [6, 6.07) is -2.31. The Labute approximate surface area is 111 Å². The molecule has 0 amide bonds. The number of rotatable bonds is 4. The van der Waals surface area contributed by atoms with Crippen LogP contribution in [0.3, 0.4) is 0 Å². The molecule has 0 unspecified atom stereocenters. The van der Waals surface area contributed by atoms with Crippen molar-refractivity contribution in [1.82, 2.24) is 0 Å². The third kappa shape index (κ3) is 11.7. The van der Waals surface area contributed by atoms with Gasteiger partial charge >= 0.3 is 11.9 Å². The third-order valence-corrected chi connectivity index (χ3v) is 1.61. The van der Waals surface area contributed by atoms with E-state index in [4.69, 9.17) is 31.9 Å². The van der Waals surface area contributed by atoms with Crippen LogP contribution in [-0.2, 0) is 29.1 Å². The maximum Gasteiger partial charge on any atom is 0.323 e. The van der Waals surface area contributed by atoms with E-state index in [2.05, 4.69) is 0 Å². The second kappa shape index (κ2) is 10.6. The van der Waals surface area contributed by atoms with Gasteiger partial charge in [-0.25, -0.2) is 0 Å². The van der Waals surface area contributed by atoms with Crippen LogP contribution >= 0.6 is 0 Å². The molecule has 8 nitrogen and oxygen atoms in total. The van der Waals surface area contributed by atoms with Gasteiger partial charge in [0.25, 0.3) is 0 Å². The average Bonchev–Trinajstić information content (AvgIpc) is 2.15. The molecule has 0 aliphatic heterocycles. The molecule has 9 heteroatoms. The summed E-state index contributed by atoms with van der Waals surface area (Å²) in [4.78, 5) is 19.7. The Morgan fingerprint density at radius 1 is 0.882 bits per heavy atom. The van der Waals surface area contributed by atoms with E-state index in [0.717, 1.165) is 0 Å². The standard InChI is InChI=1S/2C4H9NO3.Zn/c2*1-2(6)3(5)4(7)8;/h2*2-3,6H,5H2,1H3,(H,7,8);/t2*2-,3+;/m11./s1. The van der Waals surface area contributed by atoms with Crippen LogP contribution in [-0.4, -0.2) is 56.7 Å². The predicted octanol–water partition coefficient (Wildman–Crippen LogP) is -2.44. The van der Waals surface area contributed by atoms with Crippen LogP contribution < -0.4 is 11.5 Å². The van der Waals surface area contributed by atoms with Gasteiger partial charge in [-0.15, -0.1) is 0 Å². The Balaban J connectivity index is -0.000000218. The van der Waals surface area contributed by atoms with Crippen LogP contribution in [0.25, 0.3) is 0 Å². The van der Waals surface area contributed by atoms with Crippen LogP contribution in [0, 0.1) is 0 Å². The topological polar surface area (TPSA) is 167 Å². The minimum atomic E-state index is -1.18. The molecule has 0 aromatic carbocycles. The van der Waals surface area contributed by atoms with Crippen molar-refractivity contribution in [2.75, 3.05) is 0 Å². The first kappa shape index (κ1) is 21.7. The molecular weight excluding hydrogens is 285 g/mol. The first-order valence-corrected chi connectivity index (χ1v) is 4.44. The zero-order chi connectivity index (χ0) is 13.5. The smallest absolute Gasteiger partial charge is 0.323 e. The van der Waals surface area contributed by atoms with E-state index >= 15 is 0 Å². The number of nitrogens with two attached hydrogens (primary N) is 2. The molecule has 4 atom stereocenters. The van der Waals surface area contributed by atoms with Crippen molar-refractivity contribution in [2.24, 2.45) is 11.5 Å². The number of aliphatic hydroxyl groups is 2. The van der Waals surface area contributed by atoms with E-state index in [0.29, 0.717) is 0 Å². The quantitative estimate of drug-likeness (QED) is 0.311. The number of hydrogen-bond donors (Lipinski definition) is 6. The van der Waals surface area contributed by atoms with Gasteiger partial charge in [0.15, 0.2) is 0 Å². The summed E-state index contributed by atoms with van der Waals surface area (Å²) in [7, 11) is 0. The number of carbonyl (C=O) groups is 2. The van der Waals surface area contributed by atoms with E-state index < -0.39 is 36.2 Å². The Kier molecular flexibility index (Phi) is 13.4. The summed E-state index contributed by atoms with van der Waals surface area (Å²) in [6.45, 7) is 2.66. The molecule has 0 spiro atoms. The average molecular weight is 304 g/mol. The number of carboxylic acids is 2. The molecule has 0 aliphatic rings. The number of aliphatic hydroxyl groups excluding tert-OH is 2. The minimum Gasteiger partial charge on any atom is -0.480 e. The molecule has 98 valence electrons. The van der Waals surface area contributed by atoms with Crippen molar-refractivity contribution >= 4 is 11.9 Å². The summed E-state index contributed by atoms with van der Waals surface area (Å²) in [5, 5.41) is 33.1. The summed E-state index contributed by atoms with van der Waals surface area (Å²) in [5.74, 6) is -2.36. The van der Waals surface area contributed by atoms with Crippen molar-refractivity contribution in [3.63, 3.8) is 0 Å². The van der Waals surface area contributed by atoms with Crippen molar-refractivity contribution < 1.29 is 49.5 Å². The number of aliphatic carboxylic acids is 2. The van der Waals surface area contributed by atoms with E-state index in [1.165, 1.54) is 13.8 Å². The fraction of sp³-hybridized carbons (Fsp3) is 0.750. The summed E-state index contributed by atoms with van der Waals surface area (Å²) in [6.07, 6.45) is -1.96.